The highest BCUT2D eigenvalue weighted by atomic mass is 35.5. The molecule has 3 aliphatic rings. The van der Waals surface area contributed by atoms with Gasteiger partial charge in [-0.25, -0.2) is 4.79 Å². The Morgan fingerprint density at radius 3 is 2.27 bits per heavy atom. The van der Waals surface area contributed by atoms with Crippen LogP contribution in [0.25, 0.3) is 0 Å². The number of benzene rings is 1. The Hall–Kier alpha value is -1.59. The Balaban J connectivity index is 1.53. The summed E-state index contributed by atoms with van der Waals surface area (Å²) in [5, 5.41) is 11.5. The first-order valence-electron chi connectivity index (χ1n) is 14.7. The Morgan fingerprint density at radius 1 is 1.11 bits per heavy atom. The van der Waals surface area contributed by atoms with E-state index in [0.29, 0.717) is 23.9 Å². The number of aliphatic imine (C=N–C) groups is 1. The predicted octanol–water partition coefficient (Wildman–Crippen LogP) is 7.44. The quantitative estimate of drug-likeness (QED) is 0.361. The number of hydrogen-bond donors (Lipinski definition) is 1. The molecule has 2 saturated carbocycles. The average molecular weight is 530 g/mol. The zero-order chi connectivity index (χ0) is 26.7. The van der Waals surface area contributed by atoms with E-state index in [1.54, 1.807) is 0 Å². The van der Waals surface area contributed by atoms with Crippen molar-refractivity contribution in [3.8, 4) is 0 Å². The maximum atomic E-state index is 13.0. The van der Waals surface area contributed by atoms with Gasteiger partial charge in [-0.3, -0.25) is 4.99 Å². The van der Waals surface area contributed by atoms with Gasteiger partial charge in [0.1, 0.15) is 0 Å². The van der Waals surface area contributed by atoms with Crippen LogP contribution in [0.3, 0.4) is 0 Å². The fraction of sp³-hybridized carbons (Fsp3) is 0.742. The van der Waals surface area contributed by atoms with Crippen LogP contribution in [0.2, 0.25) is 5.02 Å². The molecule has 4 rings (SSSR count). The highest BCUT2D eigenvalue weighted by Crippen LogP contribution is 2.46. The Kier molecular flexibility index (Phi) is 9.27. The molecule has 206 valence electrons. The molecular weight excluding hydrogens is 482 g/mol. The summed E-state index contributed by atoms with van der Waals surface area (Å²) in [5.74, 6) is 1.39. The summed E-state index contributed by atoms with van der Waals surface area (Å²) >= 11 is 6.17. The lowest BCUT2D eigenvalue weighted by Crippen LogP contribution is -2.58. The molecule has 4 atom stereocenters. The summed E-state index contributed by atoms with van der Waals surface area (Å²) in [4.78, 5) is 22.9. The number of hydrogen-bond acceptors (Lipinski definition) is 4. The summed E-state index contributed by atoms with van der Waals surface area (Å²) in [6, 6.07) is 9.13. The van der Waals surface area contributed by atoms with Crippen LogP contribution in [0.1, 0.15) is 103 Å². The van der Waals surface area contributed by atoms with Crippen LogP contribution < -0.4 is 0 Å². The second-order valence-corrected chi connectivity index (χ2v) is 12.7. The second-order valence-electron chi connectivity index (χ2n) is 12.3. The van der Waals surface area contributed by atoms with Crippen molar-refractivity contribution in [3.63, 3.8) is 0 Å². The van der Waals surface area contributed by atoms with Gasteiger partial charge in [0.05, 0.1) is 11.9 Å². The van der Waals surface area contributed by atoms with E-state index in [2.05, 4.69) is 56.8 Å². The van der Waals surface area contributed by atoms with E-state index in [9.17, 15) is 9.90 Å². The molecule has 1 aliphatic heterocycles. The minimum atomic E-state index is -1.03. The fourth-order valence-electron chi connectivity index (χ4n) is 7.87. The highest BCUT2D eigenvalue weighted by molar-refractivity contribution is 6.30. The number of carbonyl (C=O) groups is 1. The zero-order valence-corrected chi connectivity index (χ0v) is 24.4. The van der Waals surface area contributed by atoms with Gasteiger partial charge < -0.3 is 14.9 Å². The lowest BCUT2D eigenvalue weighted by Gasteiger charge is -2.45. The molecule has 6 heteroatoms. The molecule has 0 aromatic heterocycles. The predicted molar refractivity (Wildman–Crippen MR) is 153 cm³/mol. The van der Waals surface area contributed by atoms with Crippen LogP contribution in [-0.2, 0) is 4.79 Å². The molecular formula is C31H48ClN3O2. The van der Waals surface area contributed by atoms with Crippen LogP contribution in [0, 0.1) is 17.8 Å². The molecule has 1 aromatic carbocycles. The van der Waals surface area contributed by atoms with Gasteiger partial charge in [-0.2, -0.15) is 0 Å². The third-order valence-electron chi connectivity index (χ3n) is 9.90. The normalized spacial score (nSPS) is 30.8. The van der Waals surface area contributed by atoms with Crippen LogP contribution in [0.15, 0.2) is 29.3 Å². The third-order valence-corrected chi connectivity index (χ3v) is 10.2. The Bertz CT molecular complexity index is 934. The third kappa shape index (κ3) is 5.73. The molecule has 1 aromatic rings. The smallest absolute Gasteiger partial charge is 0.334 e. The number of halogens is 1. The van der Waals surface area contributed by atoms with Gasteiger partial charge >= 0.3 is 5.97 Å². The molecule has 0 saturated heterocycles. The fourth-order valence-corrected chi connectivity index (χ4v) is 7.99. The first-order valence-corrected chi connectivity index (χ1v) is 15.1. The van der Waals surface area contributed by atoms with E-state index in [4.69, 9.17) is 16.6 Å². The Labute approximate surface area is 229 Å². The molecule has 2 fully saturated rings. The largest absolute Gasteiger partial charge is 0.479 e. The van der Waals surface area contributed by atoms with Crippen molar-refractivity contribution < 1.29 is 9.90 Å². The number of nitrogens with zero attached hydrogens (tertiary/aromatic N) is 3. The first kappa shape index (κ1) is 28.4. The van der Waals surface area contributed by atoms with Crippen molar-refractivity contribution >= 4 is 23.4 Å². The Morgan fingerprint density at radius 2 is 1.73 bits per heavy atom. The van der Waals surface area contributed by atoms with Crippen LogP contribution in [-0.4, -0.2) is 58.4 Å². The van der Waals surface area contributed by atoms with Gasteiger partial charge in [0.2, 0.25) is 0 Å². The van der Waals surface area contributed by atoms with E-state index >= 15 is 0 Å². The van der Waals surface area contributed by atoms with Crippen molar-refractivity contribution in [2.24, 2.45) is 22.7 Å². The van der Waals surface area contributed by atoms with Gasteiger partial charge in [0.25, 0.3) is 0 Å². The van der Waals surface area contributed by atoms with Crippen LogP contribution in [0.5, 0.6) is 0 Å². The van der Waals surface area contributed by atoms with E-state index in [0.717, 1.165) is 49.4 Å². The molecule has 0 amide bonds. The first-order chi connectivity index (χ1) is 17.7. The molecule has 37 heavy (non-hydrogen) atoms. The lowest BCUT2D eigenvalue weighted by atomic mass is 9.70. The molecule has 5 nitrogen and oxygen atoms in total. The van der Waals surface area contributed by atoms with E-state index in [1.165, 1.54) is 37.7 Å². The van der Waals surface area contributed by atoms with Gasteiger partial charge in [-0.05, 0) is 88.6 Å². The number of carboxylic acid groups (broad SMARTS) is 1. The molecule has 4 unspecified atom stereocenters. The maximum Gasteiger partial charge on any atom is 0.334 e. The van der Waals surface area contributed by atoms with E-state index in [-0.39, 0.29) is 12.0 Å². The number of aliphatic carboxylic acids is 1. The SMILES string of the molecule is CCC(C)C1(C(=O)O)N=C(C)N(C2CCCCC2)C1CC1CCC(C(c2ccc(Cl)cc2)N(C)C)CC1. The van der Waals surface area contributed by atoms with Gasteiger partial charge in [-0.1, -0.05) is 76.1 Å². The maximum absolute atomic E-state index is 13.0. The van der Waals surface area contributed by atoms with E-state index < -0.39 is 11.5 Å². The zero-order valence-electron chi connectivity index (χ0n) is 23.6. The van der Waals surface area contributed by atoms with Gasteiger partial charge in [0, 0.05) is 17.1 Å². The van der Waals surface area contributed by atoms with Crippen molar-refractivity contribution in [1.82, 2.24) is 9.80 Å². The number of carboxylic acids is 1. The minimum absolute atomic E-state index is 0.0119. The summed E-state index contributed by atoms with van der Waals surface area (Å²) in [6.07, 6.45) is 12.6. The summed E-state index contributed by atoms with van der Waals surface area (Å²) in [6.45, 7) is 6.29. The number of rotatable bonds is 9. The summed E-state index contributed by atoms with van der Waals surface area (Å²) in [7, 11) is 4.36. The summed E-state index contributed by atoms with van der Waals surface area (Å²) in [5.41, 5.74) is 0.311. The van der Waals surface area contributed by atoms with Crippen molar-refractivity contribution in [3.05, 3.63) is 34.9 Å². The van der Waals surface area contributed by atoms with Crippen LogP contribution >= 0.6 is 11.6 Å². The molecule has 0 spiro atoms. The summed E-state index contributed by atoms with van der Waals surface area (Å²) < 4.78 is 0. The van der Waals surface area contributed by atoms with Gasteiger partial charge in [0.15, 0.2) is 5.54 Å². The standard InChI is InChI=1S/C31H48ClN3O2/c1-6-21(2)31(30(36)37)28(35(22(3)33-31)27-10-8-7-9-11-27)20-23-12-14-24(15-13-23)29(34(4)5)25-16-18-26(32)19-17-25/h16-19,21,23-24,27-29H,6-15,20H2,1-5H3,(H,36,37). The minimum Gasteiger partial charge on any atom is -0.479 e. The molecule has 1 heterocycles. The van der Waals surface area contributed by atoms with E-state index in [1.807, 2.05) is 12.1 Å². The van der Waals surface area contributed by atoms with Crippen molar-refractivity contribution in [2.75, 3.05) is 14.1 Å². The molecule has 0 bridgehead atoms. The molecule has 0 radical (unpaired) electrons. The highest BCUT2D eigenvalue weighted by Gasteiger charge is 2.57. The molecule has 2 aliphatic carbocycles. The van der Waals surface area contributed by atoms with Crippen molar-refractivity contribution in [1.29, 1.82) is 0 Å². The molecule has 1 N–H and O–H groups in total. The number of amidine groups is 1. The lowest BCUT2D eigenvalue weighted by molar-refractivity contribution is -0.148. The second kappa shape index (κ2) is 12.1. The topological polar surface area (TPSA) is 56.1 Å². The average Bonchev–Trinajstić information content (AvgIpc) is 3.18. The van der Waals surface area contributed by atoms with Crippen LogP contribution in [0.4, 0.5) is 0 Å². The van der Waals surface area contributed by atoms with Gasteiger partial charge in [-0.15, -0.1) is 0 Å². The monoisotopic (exact) mass is 529 g/mol. The van der Waals surface area contributed by atoms with Crippen molar-refractivity contribution in [2.45, 2.75) is 115 Å².